The zero-order chi connectivity index (χ0) is 15.9. The van der Waals surface area contributed by atoms with Gasteiger partial charge in [0.15, 0.2) is 6.61 Å². The molecule has 1 amide bonds. The van der Waals surface area contributed by atoms with Crippen LogP contribution in [0, 0.1) is 13.8 Å². The van der Waals surface area contributed by atoms with E-state index in [2.05, 4.69) is 10.5 Å². The molecule has 0 aliphatic heterocycles. The first kappa shape index (κ1) is 16.0. The van der Waals surface area contributed by atoms with Crippen molar-refractivity contribution in [2.24, 2.45) is 5.16 Å². The van der Waals surface area contributed by atoms with Crippen LogP contribution in [0.2, 0.25) is 5.02 Å². The molecule has 0 bridgehead atoms. The quantitative estimate of drug-likeness (QED) is 0.671. The summed E-state index contributed by atoms with van der Waals surface area (Å²) in [6.07, 6.45) is 1.56. The van der Waals surface area contributed by atoms with Crippen molar-refractivity contribution in [1.29, 1.82) is 0 Å². The minimum absolute atomic E-state index is 0.159. The largest absolute Gasteiger partial charge is 0.386 e. The van der Waals surface area contributed by atoms with Gasteiger partial charge < -0.3 is 10.2 Å². The van der Waals surface area contributed by atoms with E-state index in [0.29, 0.717) is 10.7 Å². The lowest BCUT2D eigenvalue weighted by Gasteiger charge is -2.06. The summed E-state index contributed by atoms with van der Waals surface area (Å²) in [5, 5.41) is 7.07. The lowest BCUT2D eigenvalue weighted by Crippen LogP contribution is -2.17. The topological polar surface area (TPSA) is 50.7 Å². The van der Waals surface area contributed by atoms with Crippen LogP contribution in [0.1, 0.15) is 16.7 Å². The molecule has 114 valence electrons. The van der Waals surface area contributed by atoms with Gasteiger partial charge in [0.2, 0.25) is 0 Å². The molecule has 0 saturated heterocycles. The van der Waals surface area contributed by atoms with Crippen LogP contribution in [0.5, 0.6) is 0 Å². The fraction of sp³-hybridized carbons (Fsp3) is 0.176. The summed E-state index contributed by atoms with van der Waals surface area (Å²) in [5.74, 6) is -0.291. The second-order valence-corrected chi connectivity index (χ2v) is 5.34. The first-order chi connectivity index (χ1) is 10.5. The number of carbonyl (C=O) groups is 1. The molecule has 0 radical (unpaired) electrons. The minimum atomic E-state index is -0.291. The number of hydrogen-bond donors (Lipinski definition) is 1. The summed E-state index contributed by atoms with van der Waals surface area (Å²) >= 11 is 6.00. The Morgan fingerprint density at radius 3 is 2.64 bits per heavy atom. The molecule has 5 heteroatoms. The number of carbonyl (C=O) groups excluding carboxylic acids is 1. The Labute approximate surface area is 134 Å². The minimum Gasteiger partial charge on any atom is -0.386 e. The predicted octanol–water partition coefficient (Wildman–Crippen LogP) is 3.95. The monoisotopic (exact) mass is 316 g/mol. The highest BCUT2D eigenvalue weighted by Gasteiger charge is 2.04. The summed E-state index contributed by atoms with van der Waals surface area (Å²) in [4.78, 5) is 16.7. The molecule has 22 heavy (non-hydrogen) atoms. The highest BCUT2D eigenvalue weighted by Crippen LogP contribution is 2.19. The maximum atomic E-state index is 11.7. The standard InChI is InChI=1S/C17H17ClN2O2/c1-12-3-6-14(7-4-12)10-19-22-11-17(21)20-15-8-5-13(2)16(18)9-15/h3-10H,11H2,1-2H3,(H,20,21)/b19-10-. The zero-order valence-corrected chi connectivity index (χ0v) is 13.2. The molecule has 0 unspecified atom stereocenters. The second-order valence-electron chi connectivity index (χ2n) is 4.93. The van der Waals surface area contributed by atoms with Crippen molar-refractivity contribution < 1.29 is 9.63 Å². The average molecular weight is 317 g/mol. The molecular weight excluding hydrogens is 300 g/mol. The van der Waals surface area contributed by atoms with Crippen molar-refractivity contribution >= 4 is 29.4 Å². The van der Waals surface area contributed by atoms with Crippen LogP contribution < -0.4 is 5.32 Å². The SMILES string of the molecule is Cc1ccc(/C=N\OCC(=O)Nc2ccc(C)c(Cl)c2)cc1. The third kappa shape index (κ3) is 4.90. The maximum absolute atomic E-state index is 11.7. The first-order valence-corrected chi connectivity index (χ1v) is 7.20. The Balaban J connectivity index is 1.80. The normalized spacial score (nSPS) is 10.7. The van der Waals surface area contributed by atoms with Crippen LogP contribution in [0.15, 0.2) is 47.6 Å². The van der Waals surface area contributed by atoms with Crippen LogP contribution in [0.25, 0.3) is 0 Å². The number of halogens is 1. The van der Waals surface area contributed by atoms with Gasteiger partial charge in [0.1, 0.15) is 0 Å². The molecule has 2 rings (SSSR count). The number of oxime groups is 1. The van der Waals surface area contributed by atoms with Gasteiger partial charge in [-0.1, -0.05) is 52.7 Å². The summed E-state index contributed by atoms with van der Waals surface area (Å²) in [6.45, 7) is 3.75. The number of aryl methyl sites for hydroxylation is 2. The van der Waals surface area contributed by atoms with Gasteiger partial charge in [-0.05, 0) is 37.1 Å². The van der Waals surface area contributed by atoms with Gasteiger partial charge in [0.25, 0.3) is 5.91 Å². The van der Waals surface area contributed by atoms with Crippen LogP contribution in [-0.2, 0) is 9.63 Å². The number of benzene rings is 2. The molecule has 4 nitrogen and oxygen atoms in total. The Morgan fingerprint density at radius 1 is 1.23 bits per heavy atom. The molecule has 1 N–H and O–H groups in total. The predicted molar refractivity (Wildman–Crippen MR) is 89.5 cm³/mol. The van der Waals surface area contributed by atoms with Gasteiger partial charge in [0.05, 0.1) is 6.21 Å². The number of rotatable bonds is 5. The van der Waals surface area contributed by atoms with Gasteiger partial charge in [0, 0.05) is 10.7 Å². The van der Waals surface area contributed by atoms with Gasteiger partial charge in [-0.15, -0.1) is 0 Å². The Hall–Kier alpha value is -2.33. The molecule has 2 aromatic carbocycles. The Kier molecular flexibility index (Phi) is 5.55. The highest BCUT2D eigenvalue weighted by molar-refractivity contribution is 6.31. The van der Waals surface area contributed by atoms with Crippen molar-refractivity contribution in [2.75, 3.05) is 11.9 Å². The van der Waals surface area contributed by atoms with Crippen molar-refractivity contribution in [3.63, 3.8) is 0 Å². The molecule has 0 aliphatic rings. The van der Waals surface area contributed by atoms with E-state index in [1.165, 1.54) is 5.56 Å². The molecule has 0 heterocycles. The fourth-order valence-corrected chi connectivity index (χ4v) is 1.89. The van der Waals surface area contributed by atoms with E-state index in [-0.39, 0.29) is 12.5 Å². The number of nitrogens with one attached hydrogen (secondary N) is 1. The first-order valence-electron chi connectivity index (χ1n) is 6.82. The van der Waals surface area contributed by atoms with E-state index in [9.17, 15) is 4.79 Å². The van der Waals surface area contributed by atoms with Gasteiger partial charge >= 0.3 is 0 Å². The number of hydrogen-bond acceptors (Lipinski definition) is 3. The third-order valence-corrected chi connectivity index (χ3v) is 3.41. The lowest BCUT2D eigenvalue weighted by atomic mass is 10.2. The molecule has 0 fully saturated rings. The molecule has 0 saturated carbocycles. The summed E-state index contributed by atoms with van der Waals surface area (Å²) in [5.41, 5.74) is 3.68. The van der Waals surface area contributed by atoms with E-state index in [4.69, 9.17) is 16.4 Å². The van der Waals surface area contributed by atoms with Gasteiger partial charge in [-0.3, -0.25) is 4.79 Å². The Bertz CT molecular complexity index is 682. The van der Waals surface area contributed by atoms with Crippen molar-refractivity contribution in [3.8, 4) is 0 Å². The molecule has 0 aromatic heterocycles. The van der Waals surface area contributed by atoms with Crippen LogP contribution in [0.3, 0.4) is 0 Å². The number of anilines is 1. The summed E-state index contributed by atoms with van der Waals surface area (Å²) in [7, 11) is 0. The van der Waals surface area contributed by atoms with Gasteiger partial charge in [-0.2, -0.15) is 0 Å². The van der Waals surface area contributed by atoms with Crippen LogP contribution in [-0.4, -0.2) is 18.7 Å². The zero-order valence-electron chi connectivity index (χ0n) is 12.5. The van der Waals surface area contributed by atoms with Gasteiger partial charge in [-0.25, -0.2) is 0 Å². The fourth-order valence-electron chi connectivity index (χ4n) is 1.71. The molecule has 2 aromatic rings. The molecule has 0 spiro atoms. The molecular formula is C17H17ClN2O2. The smallest absolute Gasteiger partial charge is 0.265 e. The Morgan fingerprint density at radius 2 is 1.95 bits per heavy atom. The highest BCUT2D eigenvalue weighted by atomic mass is 35.5. The third-order valence-electron chi connectivity index (χ3n) is 3.00. The molecule has 0 aliphatic carbocycles. The van der Waals surface area contributed by atoms with E-state index in [0.717, 1.165) is 11.1 Å². The average Bonchev–Trinajstić information content (AvgIpc) is 2.49. The maximum Gasteiger partial charge on any atom is 0.265 e. The second kappa shape index (κ2) is 7.61. The molecule has 0 atom stereocenters. The van der Waals surface area contributed by atoms with Crippen LogP contribution >= 0.6 is 11.6 Å². The number of amides is 1. The van der Waals surface area contributed by atoms with E-state index >= 15 is 0 Å². The van der Waals surface area contributed by atoms with E-state index in [1.807, 2.05) is 44.2 Å². The number of nitrogens with zero attached hydrogens (tertiary/aromatic N) is 1. The van der Waals surface area contributed by atoms with Crippen molar-refractivity contribution in [3.05, 3.63) is 64.2 Å². The lowest BCUT2D eigenvalue weighted by molar-refractivity contribution is -0.120. The van der Waals surface area contributed by atoms with E-state index < -0.39 is 0 Å². The summed E-state index contributed by atoms with van der Waals surface area (Å²) < 4.78 is 0. The van der Waals surface area contributed by atoms with Crippen LogP contribution in [0.4, 0.5) is 5.69 Å². The van der Waals surface area contributed by atoms with Crippen molar-refractivity contribution in [2.45, 2.75) is 13.8 Å². The summed E-state index contributed by atoms with van der Waals surface area (Å²) in [6, 6.07) is 13.1. The van der Waals surface area contributed by atoms with Crippen molar-refractivity contribution in [1.82, 2.24) is 0 Å². The van der Waals surface area contributed by atoms with E-state index in [1.54, 1.807) is 18.3 Å².